The Hall–Kier alpha value is 0.972. The van der Waals surface area contributed by atoms with Crippen LogP contribution in [0.1, 0.15) is 19.8 Å². The van der Waals surface area contributed by atoms with Gasteiger partial charge < -0.3 is 24.1 Å². The molecule has 0 aliphatic carbocycles. The Morgan fingerprint density at radius 2 is 2.23 bits per heavy atom. The standard InChI is InChI=1S/C10H20N2.U/c1-4-12(9(2)3)8-10-6-5-7-11-10;/h9-11H,2-8H2,1H3;/q-2;+2. The Kier molecular flexibility index (Phi) is 7.83. The quantitative estimate of drug-likeness (QED) is 0.704. The molecule has 0 aromatic rings. The van der Waals surface area contributed by atoms with Gasteiger partial charge in [-0.3, -0.25) is 0 Å². The fourth-order valence-electron chi connectivity index (χ4n) is 1.73. The molecule has 0 aromatic heterocycles. The van der Waals surface area contributed by atoms with E-state index in [9.17, 15) is 0 Å². The Labute approximate surface area is 106 Å². The summed E-state index contributed by atoms with van der Waals surface area (Å²) in [6.07, 6.45) is 2.63. The molecule has 0 bridgehead atoms. The van der Waals surface area contributed by atoms with E-state index in [1.54, 1.807) is 0 Å². The summed E-state index contributed by atoms with van der Waals surface area (Å²) in [5.41, 5.74) is 0. The average Bonchev–Trinajstić information content (AvgIpc) is 2.51. The van der Waals surface area contributed by atoms with Gasteiger partial charge >= 0.3 is 31.1 Å². The number of rotatable bonds is 4. The van der Waals surface area contributed by atoms with Gasteiger partial charge in [-0.05, 0) is 25.9 Å². The van der Waals surface area contributed by atoms with Crippen molar-refractivity contribution in [2.45, 2.75) is 31.8 Å². The van der Waals surface area contributed by atoms with Crippen LogP contribution in [0.5, 0.6) is 0 Å². The molecule has 1 N–H and O–H groups in total. The molecule has 2 nitrogen and oxygen atoms in total. The van der Waals surface area contributed by atoms with Crippen LogP contribution in [0.3, 0.4) is 0 Å². The summed E-state index contributed by atoms with van der Waals surface area (Å²) in [5.74, 6) is 0. The van der Waals surface area contributed by atoms with Crippen molar-refractivity contribution >= 4 is 0 Å². The van der Waals surface area contributed by atoms with E-state index in [4.69, 9.17) is 0 Å². The number of nitrogens with zero attached hydrogens (tertiary/aromatic N) is 1. The van der Waals surface area contributed by atoms with Crippen molar-refractivity contribution in [1.29, 1.82) is 0 Å². The molecule has 1 saturated heterocycles. The van der Waals surface area contributed by atoms with Crippen molar-refractivity contribution in [1.82, 2.24) is 10.2 Å². The fraction of sp³-hybridized carbons (Fsp3) is 0.800. The molecule has 13 heavy (non-hydrogen) atoms. The summed E-state index contributed by atoms with van der Waals surface area (Å²) in [4.78, 5) is 2.31. The van der Waals surface area contributed by atoms with Crippen LogP contribution in [-0.2, 0) is 0 Å². The van der Waals surface area contributed by atoms with Gasteiger partial charge in [0.1, 0.15) is 0 Å². The topological polar surface area (TPSA) is 15.3 Å². The maximum absolute atomic E-state index is 3.94. The molecule has 1 unspecified atom stereocenters. The summed E-state index contributed by atoms with van der Waals surface area (Å²) >= 11 is 0. The minimum atomic E-state index is 0. The van der Waals surface area contributed by atoms with Crippen LogP contribution in [0.15, 0.2) is 0 Å². The van der Waals surface area contributed by atoms with Crippen LogP contribution in [0.2, 0.25) is 0 Å². The minimum absolute atomic E-state index is 0. The number of nitrogens with one attached hydrogen (secondary N) is 1. The second-order valence-electron chi connectivity index (χ2n) is 3.53. The Bertz CT molecular complexity index is 122. The van der Waals surface area contributed by atoms with E-state index in [1.807, 2.05) is 0 Å². The van der Waals surface area contributed by atoms with Crippen LogP contribution in [0, 0.1) is 45.0 Å². The third kappa shape index (κ3) is 4.83. The van der Waals surface area contributed by atoms with Gasteiger partial charge in [0, 0.05) is 12.6 Å². The van der Waals surface area contributed by atoms with Gasteiger partial charge in [0.25, 0.3) is 0 Å². The van der Waals surface area contributed by atoms with Crippen LogP contribution >= 0.6 is 0 Å². The molecule has 1 rings (SSSR count). The van der Waals surface area contributed by atoms with Gasteiger partial charge in [0.15, 0.2) is 0 Å². The molecular formula is C10H20N2U. The van der Waals surface area contributed by atoms with E-state index in [2.05, 4.69) is 31.0 Å². The Morgan fingerprint density at radius 1 is 1.54 bits per heavy atom. The van der Waals surface area contributed by atoms with Crippen LogP contribution in [-0.4, -0.2) is 36.6 Å². The first-order valence-corrected chi connectivity index (χ1v) is 4.87. The largest absolute Gasteiger partial charge is 2.00 e. The van der Waals surface area contributed by atoms with E-state index < -0.39 is 0 Å². The summed E-state index contributed by atoms with van der Waals surface area (Å²) in [6, 6.07) is 0.869. The SMILES string of the molecule is [CH2-]C([CH2-])N(CC)CC1CCCN1.[U+2]. The van der Waals surface area contributed by atoms with E-state index in [1.165, 1.54) is 19.4 Å². The van der Waals surface area contributed by atoms with Crippen molar-refractivity contribution in [2.75, 3.05) is 19.6 Å². The first kappa shape index (κ1) is 14.0. The van der Waals surface area contributed by atoms with E-state index in [0.29, 0.717) is 6.04 Å². The maximum Gasteiger partial charge on any atom is 2.00 e. The summed E-state index contributed by atoms with van der Waals surface area (Å²) in [5, 5.41) is 3.48. The molecule has 1 heterocycles. The second-order valence-corrected chi connectivity index (χ2v) is 3.53. The van der Waals surface area contributed by atoms with Crippen molar-refractivity contribution in [2.24, 2.45) is 0 Å². The molecule has 1 aliphatic rings. The molecule has 1 aliphatic heterocycles. The maximum atomic E-state index is 3.94. The zero-order valence-electron chi connectivity index (χ0n) is 8.55. The van der Waals surface area contributed by atoms with Crippen molar-refractivity contribution in [3.63, 3.8) is 0 Å². The molecule has 0 spiro atoms. The molecule has 0 saturated carbocycles. The van der Waals surface area contributed by atoms with Crippen molar-refractivity contribution < 1.29 is 31.1 Å². The first-order chi connectivity index (χ1) is 5.74. The van der Waals surface area contributed by atoms with Crippen molar-refractivity contribution in [3.05, 3.63) is 13.8 Å². The molecule has 74 valence electrons. The van der Waals surface area contributed by atoms with Crippen LogP contribution in [0.4, 0.5) is 0 Å². The van der Waals surface area contributed by atoms with E-state index in [0.717, 1.165) is 13.1 Å². The van der Waals surface area contributed by atoms with Gasteiger partial charge in [-0.25, -0.2) is 6.04 Å². The number of hydrogen-bond acceptors (Lipinski definition) is 2. The molecular weight excluding hydrogens is 386 g/mol. The zero-order valence-corrected chi connectivity index (χ0v) is 12.7. The second kappa shape index (κ2) is 7.29. The third-order valence-corrected chi connectivity index (χ3v) is 2.54. The minimum Gasteiger partial charge on any atom is -0.357 e. The summed E-state index contributed by atoms with van der Waals surface area (Å²) < 4.78 is 0. The molecule has 3 heteroatoms. The van der Waals surface area contributed by atoms with Crippen LogP contribution in [0.25, 0.3) is 0 Å². The van der Waals surface area contributed by atoms with E-state index >= 15 is 0 Å². The number of hydrogen-bond donors (Lipinski definition) is 1. The molecule has 0 radical (unpaired) electrons. The van der Waals surface area contributed by atoms with E-state index in [-0.39, 0.29) is 37.2 Å². The molecule has 1 atom stereocenters. The van der Waals surface area contributed by atoms with Crippen LogP contribution < -0.4 is 5.32 Å². The molecule has 0 aromatic carbocycles. The zero-order chi connectivity index (χ0) is 8.97. The summed E-state index contributed by atoms with van der Waals surface area (Å²) in [7, 11) is 0. The van der Waals surface area contributed by atoms with Gasteiger partial charge in [-0.2, -0.15) is 0 Å². The van der Waals surface area contributed by atoms with Gasteiger partial charge in [0.05, 0.1) is 0 Å². The average molecular weight is 406 g/mol. The normalized spacial score (nSPS) is 22.4. The van der Waals surface area contributed by atoms with Gasteiger partial charge in [0.2, 0.25) is 0 Å². The number of likely N-dealkylation sites (N-methyl/N-ethyl adjacent to an activating group) is 1. The molecule has 0 amide bonds. The predicted molar refractivity (Wildman–Crippen MR) is 52.8 cm³/mol. The van der Waals surface area contributed by atoms with Gasteiger partial charge in [-0.15, -0.1) is 0 Å². The van der Waals surface area contributed by atoms with Gasteiger partial charge in [-0.1, -0.05) is 6.92 Å². The molecule has 1 fully saturated rings. The fourth-order valence-corrected chi connectivity index (χ4v) is 1.73. The monoisotopic (exact) mass is 406 g/mol. The smallest absolute Gasteiger partial charge is 0.357 e. The third-order valence-electron chi connectivity index (χ3n) is 2.54. The van der Waals surface area contributed by atoms with Crippen molar-refractivity contribution in [3.8, 4) is 0 Å². The first-order valence-electron chi connectivity index (χ1n) is 4.87. The Balaban J connectivity index is 0.00000144. The Morgan fingerprint density at radius 3 is 2.62 bits per heavy atom. The predicted octanol–water partition coefficient (Wildman–Crippen LogP) is 1.10. The summed E-state index contributed by atoms with van der Waals surface area (Å²) in [6.45, 7) is 13.4.